The molecule has 0 saturated carbocycles. The average Bonchev–Trinajstić information content (AvgIpc) is 2.88. The normalized spacial score (nSPS) is 10.8. The molecule has 0 spiro atoms. The number of thioether (sulfide) groups is 1. The molecule has 0 fully saturated rings. The van der Waals surface area contributed by atoms with Crippen LogP contribution >= 0.6 is 23.1 Å². The number of hydrogen-bond donors (Lipinski definition) is 1. The second kappa shape index (κ2) is 5.60. The van der Waals surface area contributed by atoms with Gasteiger partial charge in [-0.25, -0.2) is 9.78 Å². The van der Waals surface area contributed by atoms with Crippen molar-refractivity contribution in [3.05, 3.63) is 53.9 Å². The summed E-state index contributed by atoms with van der Waals surface area (Å²) in [5, 5.41) is 8.81. The van der Waals surface area contributed by atoms with E-state index in [0.717, 1.165) is 15.6 Å². The fourth-order valence-corrected chi connectivity index (χ4v) is 3.67. The Hall–Kier alpha value is -1.92. The maximum Gasteiger partial charge on any atom is 0.337 e. The summed E-state index contributed by atoms with van der Waals surface area (Å²) in [6.45, 7) is 0. The highest BCUT2D eigenvalue weighted by Crippen LogP contribution is 2.30. The van der Waals surface area contributed by atoms with Gasteiger partial charge in [0.25, 0.3) is 0 Å². The number of carbonyl (C=O) groups is 1. The molecule has 0 saturated heterocycles. The van der Waals surface area contributed by atoms with Crippen molar-refractivity contribution in [1.29, 1.82) is 0 Å². The molecule has 1 N–H and O–H groups in total. The molecule has 1 aromatic carbocycles. The summed E-state index contributed by atoms with van der Waals surface area (Å²) >= 11 is 3.27. The van der Waals surface area contributed by atoms with Gasteiger partial charge in [-0.1, -0.05) is 23.9 Å². The minimum absolute atomic E-state index is 0.207. The van der Waals surface area contributed by atoms with Crippen LogP contribution in [0, 0.1) is 0 Å². The van der Waals surface area contributed by atoms with Gasteiger partial charge in [0.1, 0.15) is 0 Å². The van der Waals surface area contributed by atoms with Crippen LogP contribution in [0.5, 0.6) is 0 Å². The minimum atomic E-state index is -0.956. The Labute approximate surface area is 123 Å². The highest BCUT2D eigenvalue weighted by Gasteiger charge is 2.06. The van der Waals surface area contributed by atoms with Crippen molar-refractivity contribution in [3.8, 4) is 0 Å². The summed E-state index contributed by atoms with van der Waals surface area (Å²) in [6.07, 6.45) is 1.39. The van der Waals surface area contributed by atoms with E-state index in [9.17, 15) is 4.79 Å². The lowest BCUT2D eigenvalue weighted by Crippen LogP contribution is -1.97. The number of nitrogens with zero attached hydrogens (tertiary/aromatic N) is 2. The fraction of sp³-hybridized carbons (Fsp3) is 0.0714. The third-order valence-electron chi connectivity index (χ3n) is 2.69. The quantitative estimate of drug-likeness (QED) is 0.745. The molecule has 20 heavy (non-hydrogen) atoms. The first kappa shape index (κ1) is 13.1. The number of para-hydroxylation sites is 1. The molecule has 2 heterocycles. The molecule has 100 valence electrons. The van der Waals surface area contributed by atoms with Crippen molar-refractivity contribution in [2.75, 3.05) is 0 Å². The van der Waals surface area contributed by atoms with Crippen LogP contribution in [0.25, 0.3) is 10.2 Å². The molecular weight excluding hydrogens is 292 g/mol. The van der Waals surface area contributed by atoms with E-state index in [2.05, 4.69) is 16.0 Å². The monoisotopic (exact) mass is 302 g/mol. The first-order valence-corrected chi connectivity index (χ1v) is 7.69. The molecule has 4 nitrogen and oxygen atoms in total. The van der Waals surface area contributed by atoms with Crippen LogP contribution in [0.4, 0.5) is 0 Å². The van der Waals surface area contributed by atoms with E-state index in [1.165, 1.54) is 10.9 Å². The number of thiazole rings is 1. The van der Waals surface area contributed by atoms with Crippen molar-refractivity contribution < 1.29 is 9.90 Å². The first-order valence-electron chi connectivity index (χ1n) is 5.89. The number of fused-ring (bicyclic) bond motifs is 1. The van der Waals surface area contributed by atoms with Crippen LogP contribution in [0.1, 0.15) is 16.1 Å². The zero-order valence-corrected chi connectivity index (χ0v) is 11.9. The van der Waals surface area contributed by atoms with E-state index in [1.807, 2.05) is 18.2 Å². The van der Waals surface area contributed by atoms with Crippen LogP contribution < -0.4 is 0 Å². The van der Waals surface area contributed by atoms with E-state index in [-0.39, 0.29) is 5.56 Å². The Morgan fingerprint density at radius 1 is 1.25 bits per heavy atom. The summed E-state index contributed by atoms with van der Waals surface area (Å²) in [6, 6.07) is 11.3. The van der Waals surface area contributed by atoms with Gasteiger partial charge in [0.15, 0.2) is 4.34 Å². The minimum Gasteiger partial charge on any atom is -0.478 e. The predicted octanol–water partition coefficient (Wildman–Crippen LogP) is 3.68. The molecule has 6 heteroatoms. The van der Waals surface area contributed by atoms with Gasteiger partial charge in [-0.05, 0) is 24.3 Å². The van der Waals surface area contributed by atoms with Gasteiger partial charge < -0.3 is 5.11 Å². The van der Waals surface area contributed by atoms with Crippen molar-refractivity contribution >= 4 is 39.3 Å². The van der Waals surface area contributed by atoms with Gasteiger partial charge in [0.2, 0.25) is 0 Å². The Morgan fingerprint density at radius 3 is 2.80 bits per heavy atom. The molecule has 0 aliphatic heterocycles. The van der Waals surface area contributed by atoms with Crippen molar-refractivity contribution in [2.24, 2.45) is 0 Å². The third kappa shape index (κ3) is 2.81. The maximum absolute atomic E-state index is 10.7. The number of aromatic carboxylic acids is 1. The number of aromatic nitrogens is 2. The van der Waals surface area contributed by atoms with Crippen molar-refractivity contribution in [2.45, 2.75) is 10.1 Å². The van der Waals surface area contributed by atoms with Gasteiger partial charge in [0.05, 0.1) is 21.5 Å². The number of carboxylic acids is 1. The second-order valence-corrected chi connectivity index (χ2v) is 6.33. The molecule has 0 aliphatic carbocycles. The Morgan fingerprint density at radius 2 is 2.10 bits per heavy atom. The molecule has 0 radical (unpaired) electrons. The standard InChI is InChI=1S/C14H10N2O2S2/c17-13(18)9-5-6-10(15-7-9)8-19-14-16-11-3-1-2-4-12(11)20-14/h1-7H,8H2,(H,17,18). The summed E-state index contributed by atoms with van der Waals surface area (Å²) in [7, 11) is 0. The number of pyridine rings is 1. The molecule has 0 bridgehead atoms. The zero-order valence-electron chi connectivity index (χ0n) is 10.3. The number of rotatable bonds is 4. The molecule has 0 amide bonds. The Kier molecular flexibility index (Phi) is 3.66. The van der Waals surface area contributed by atoms with Crippen LogP contribution in [0.15, 0.2) is 46.9 Å². The smallest absolute Gasteiger partial charge is 0.337 e. The lowest BCUT2D eigenvalue weighted by molar-refractivity contribution is 0.0696. The Balaban J connectivity index is 1.71. The summed E-state index contributed by atoms with van der Waals surface area (Å²) in [4.78, 5) is 19.4. The van der Waals surface area contributed by atoms with E-state index in [0.29, 0.717) is 5.75 Å². The van der Waals surface area contributed by atoms with Crippen molar-refractivity contribution in [3.63, 3.8) is 0 Å². The van der Waals surface area contributed by atoms with Gasteiger partial charge >= 0.3 is 5.97 Å². The molecular formula is C14H10N2O2S2. The summed E-state index contributed by atoms with van der Waals surface area (Å²) in [5.41, 5.74) is 2.06. The fourth-order valence-electron chi connectivity index (χ4n) is 1.68. The number of hydrogen-bond acceptors (Lipinski definition) is 5. The first-order chi connectivity index (χ1) is 9.72. The lowest BCUT2D eigenvalue weighted by Gasteiger charge is -1.99. The van der Waals surface area contributed by atoms with E-state index >= 15 is 0 Å². The SMILES string of the molecule is O=C(O)c1ccc(CSc2nc3ccccc3s2)nc1. The lowest BCUT2D eigenvalue weighted by atomic mass is 10.2. The highest BCUT2D eigenvalue weighted by atomic mass is 32.2. The molecule has 0 atom stereocenters. The van der Waals surface area contributed by atoms with E-state index in [1.54, 1.807) is 35.2 Å². The van der Waals surface area contributed by atoms with E-state index in [4.69, 9.17) is 5.11 Å². The third-order valence-corrected chi connectivity index (χ3v) is 4.90. The number of benzene rings is 1. The highest BCUT2D eigenvalue weighted by molar-refractivity contribution is 8.00. The zero-order chi connectivity index (χ0) is 13.9. The van der Waals surface area contributed by atoms with Crippen LogP contribution in [0.3, 0.4) is 0 Å². The van der Waals surface area contributed by atoms with Gasteiger partial charge in [0, 0.05) is 11.9 Å². The van der Waals surface area contributed by atoms with Crippen LogP contribution in [0.2, 0.25) is 0 Å². The topological polar surface area (TPSA) is 63.1 Å². The molecule has 0 unspecified atom stereocenters. The number of carboxylic acid groups (broad SMARTS) is 1. The van der Waals surface area contributed by atoms with Crippen LogP contribution in [-0.2, 0) is 5.75 Å². The van der Waals surface area contributed by atoms with Gasteiger partial charge in [-0.15, -0.1) is 11.3 Å². The molecule has 0 aliphatic rings. The summed E-state index contributed by atoms with van der Waals surface area (Å²) in [5.74, 6) is -0.275. The largest absolute Gasteiger partial charge is 0.478 e. The van der Waals surface area contributed by atoms with E-state index < -0.39 is 5.97 Å². The van der Waals surface area contributed by atoms with Crippen LogP contribution in [-0.4, -0.2) is 21.0 Å². The molecule has 3 aromatic rings. The molecule has 2 aromatic heterocycles. The van der Waals surface area contributed by atoms with Crippen molar-refractivity contribution in [1.82, 2.24) is 9.97 Å². The molecule has 3 rings (SSSR count). The second-order valence-electron chi connectivity index (χ2n) is 4.08. The van der Waals surface area contributed by atoms with Gasteiger partial charge in [-0.3, -0.25) is 4.98 Å². The van der Waals surface area contributed by atoms with Gasteiger partial charge in [-0.2, -0.15) is 0 Å². The predicted molar refractivity (Wildman–Crippen MR) is 80.4 cm³/mol. The summed E-state index contributed by atoms with van der Waals surface area (Å²) < 4.78 is 2.17. The average molecular weight is 302 g/mol. The maximum atomic E-state index is 10.7. The Bertz CT molecular complexity index is 720.